The lowest BCUT2D eigenvalue weighted by Gasteiger charge is -2.28. The molecule has 4 aromatic rings. The summed E-state index contributed by atoms with van der Waals surface area (Å²) in [6, 6.07) is 13.7. The molecule has 0 unspecified atom stereocenters. The van der Waals surface area contributed by atoms with Crippen LogP contribution >= 0.6 is 0 Å². The number of aromatic nitrogens is 3. The second kappa shape index (κ2) is 7.12. The molecule has 0 atom stereocenters. The average molecular weight is 399 g/mol. The van der Waals surface area contributed by atoms with Crippen LogP contribution < -0.4 is 4.90 Å². The van der Waals surface area contributed by atoms with E-state index in [0.717, 1.165) is 42.8 Å². The standard InChI is InChI=1S/C26H30N4/c1-6-21(7-2)29-13-12-22-17(4)27-25-24(18(5)28-30(25)26(22)29)23-15-20-11-9-8-10-19(20)14-16(23)3/h8-11,14-15,21H,6-7,12-13H2,1-5H3. The van der Waals surface area contributed by atoms with Crippen molar-refractivity contribution in [2.24, 2.45) is 0 Å². The molecule has 0 radical (unpaired) electrons. The van der Waals surface area contributed by atoms with Crippen LogP contribution in [0.3, 0.4) is 0 Å². The zero-order chi connectivity index (χ0) is 21.0. The number of aryl methyl sites for hydroxylation is 3. The van der Waals surface area contributed by atoms with E-state index in [0.29, 0.717) is 6.04 Å². The summed E-state index contributed by atoms with van der Waals surface area (Å²) in [6.45, 7) is 12.1. The molecule has 5 rings (SSSR count). The quantitative estimate of drug-likeness (QED) is 0.421. The van der Waals surface area contributed by atoms with E-state index in [1.165, 1.54) is 38.8 Å². The van der Waals surface area contributed by atoms with Gasteiger partial charge in [0.15, 0.2) is 5.65 Å². The van der Waals surface area contributed by atoms with Gasteiger partial charge in [0.1, 0.15) is 5.82 Å². The third-order valence-electron chi connectivity index (χ3n) is 6.84. The van der Waals surface area contributed by atoms with Gasteiger partial charge >= 0.3 is 0 Å². The molecule has 154 valence electrons. The van der Waals surface area contributed by atoms with Gasteiger partial charge in [-0.1, -0.05) is 44.2 Å². The second-order valence-corrected chi connectivity index (χ2v) is 8.62. The lowest BCUT2D eigenvalue weighted by Crippen LogP contribution is -2.34. The molecule has 1 aliphatic rings. The van der Waals surface area contributed by atoms with Crippen molar-refractivity contribution in [2.75, 3.05) is 11.4 Å². The predicted octanol–water partition coefficient (Wildman–Crippen LogP) is 6.03. The number of rotatable bonds is 4. The van der Waals surface area contributed by atoms with Crippen LogP contribution in [-0.2, 0) is 6.42 Å². The van der Waals surface area contributed by atoms with Gasteiger partial charge in [-0.15, -0.1) is 0 Å². The molecular formula is C26H30N4. The fourth-order valence-electron chi connectivity index (χ4n) is 5.23. The van der Waals surface area contributed by atoms with Gasteiger partial charge in [0.05, 0.1) is 5.69 Å². The van der Waals surface area contributed by atoms with Gasteiger partial charge in [-0.3, -0.25) is 0 Å². The van der Waals surface area contributed by atoms with Crippen molar-refractivity contribution in [2.45, 2.75) is 59.9 Å². The molecule has 3 heterocycles. The number of benzene rings is 2. The topological polar surface area (TPSA) is 33.4 Å². The summed E-state index contributed by atoms with van der Waals surface area (Å²) in [5.41, 5.74) is 8.21. The number of hydrogen-bond acceptors (Lipinski definition) is 3. The van der Waals surface area contributed by atoms with E-state index in [1.807, 2.05) is 0 Å². The third kappa shape index (κ3) is 2.73. The van der Waals surface area contributed by atoms with Crippen molar-refractivity contribution < 1.29 is 0 Å². The molecule has 2 aromatic heterocycles. The van der Waals surface area contributed by atoms with E-state index < -0.39 is 0 Å². The normalized spacial score (nSPS) is 13.7. The molecular weight excluding hydrogens is 368 g/mol. The van der Waals surface area contributed by atoms with E-state index in [9.17, 15) is 0 Å². The molecule has 0 fully saturated rings. The van der Waals surface area contributed by atoms with Gasteiger partial charge in [-0.25, -0.2) is 4.98 Å². The zero-order valence-corrected chi connectivity index (χ0v) is 18.7. The van der Waals surface area contributed by atoms with Crippen LogP contribution in [0.2, 0.25) is 0 Å². The first-order chi connectivity index (χ1) is 14.5. The second-order valence-electron chi connectivity index (χ2n) is 8.62. The molecule has 2 aromatic carbocycles. The van der Waals surface area contributed by atoms with Crippen molar-refractivity contribution in [3.63, 3.8) is 0 Å². The minimum atomic E-state index is 0.548. The molecule has 0 amide bonds. The van der Waals surface area contributed by atoms with Crippen molar-refractivity contribution in [1.82, 2.24) is 14.6 Å². The van der Waals surface area contributed by atoms with E-state index >= 15 is 0 Å². The van der Waals surface area contributed by atoms with E-state index in [1.54, 1.807) is 0 Å². The SMILES string of the molecule is CCC(CC)N1CCc2c(C)nc3c(-c4cc5ccccc5cc4C)c(C)nn3c21. The number of nitrogens with zero attached hydrogens (tertiary/aromatic N) is 4. The Bertz CT molecular complexity index is 1260. The van der Waals surface area contributed by atoms with Crippen molar-refractivity contribution in [3.05, 3.63) is 58.9 Å². The summed E-state index contributed by atoms with van der Waals surface area (Å²) < 4.78 is 2.13. The molecule has 0 N–H and O–H groups in total. The van der Waals surface area contributed by atoms with Crippen LogP contribution in [0.15, 0.2) is 36.4 Å². The van der Waals surface area contributed by atoms with E-state index in [4.69, 9.17) is 10.1 Å². The van der Waals surface area contributed by atoms with Gasteiger partial charge in [0.25, 0.3) is 0 Å². The largest absolute Gasteiger partial charge is 0.353 e. The number of fused-ring (bicyclic) bond motifs is 4. The lowest BCUT2D eigenvalue weighted by atomic mass is 9.96. The fourth-order valence-corrected chi connectivity index (χ4v) is 5.23. The molecule has 0 saturated heterocycles. The van der Waals surface area contributed by atoms with Crippen LogP contribution in [0, 0.1) is 20.8 Å². The summed E-state index contributed by atoms with van der Waals surface area (Å²) in [6.07, 6.45) is 3.36. The maximum atomic E-state index is 5.08. The molecule has 4 heteroatoms. The van der Waals surface area contributed by atoms with Crippen LogP contribution in [0.1, 0.15) is 49.2 Å². The van der Waals surface area contributed by atoms with Crippen LogP contribution in [-0.4, -0.2) is 27.2 Å². The summed E-state index contributed by atoms with van der Waals surface area (Å²) in [5.74, 6) is 1.26. The molecule has 30 heavy (non-hydrogen) atoms. The minimum absolute atomic E-state index is 0.548. The maximum absolute atomic E-state index is 5.08. The summed E-state index contributed by atoms with van der Waals surface area (Å²) in [4.78, 5) is 7.65. The zero-order valence-electron chi connectivity index (χ0n) is 18.7. The third-order valence-corrected chi connectivity index (χ3v) is 6.84. The van der Waals surface area contributed by atoms with Gasteiger partial charge in [-0.05, 0) is 68.0 Å². The Morgan fingerprint density at radius 1 is 0.967 bits per heavy atom. The van der Waals surface area contributed by atoms with Crippen molar-refractivity contribution in [1.29, 1.82) is 0 Å². The Kier molecular flexibility index (Phi) is 4.53. The summed E-state index contributed by atoms with van der Waals surface area (Å²) >= 11 is 0. The van der Waals surface area contributed by atoms with Gasteiger partial charge in [0.2, 0.25) is 0 Å². The molecule has 1 aliphatic heterocycles. The summed E-state index contributed by atoms with van der Waals surface area (Å²) in [5, 5.41) is 7.57. The highest BCUT2D eigenvalue weighted by Gasteiger charge is 2.31. The summed E-state index contributed by atoms with van der Waals surface area (Å²) in [7, 11) is 0. The highest BCUT2D eigenvalue weighted by atomic mass is 15.4. The van der Waals surface area contributed by atoms with Crippen LogP contribution in [0.4, 0.5) is 5.82 Å². The molecule has 0 spiro atoms. The first kappa shape index (κ1) is 19.1. The number of hydrogen-bond donors (Lipinski definition) is 0. The Labute approximate surface area is 178 Å². The van der Waals surface area contributed by atoms with E-state index in [2.05, 4.69) is 80.4 Å². The Morgan fingerprint density at radius 3 is 2.37 bits per heavy atom. The van der Waals surface area contributed by atoms with Crippen LogP contribution in [0.25, 0.3) is 27.5 Å². The predicted molar refractivity (Wildman–Crippen MR) is 126 cm³/mol. The smallest absolute Gasteiger partial charge is 0.165 e. The first-order valence-electron chi connectivity index (χ1n) is 11.2. The van der Waals surface area contributed by atoms with Crippen molar-refractivity contribution in [3.8, 4) is 11.1 Å². The molecule has 0 aliphatic carbocycles. The Morgan fingerprint density at radius 2 is 1.67 bits per heavy atom. The minimum Gasteiger partial charge on any atom is -0.353 e. The average Bonchev–Trinajstić information content (AvgIpc) is 3.30. The van der Waals surface area contributed by atoms with Crippen molar-refractivity contribution >= 4 is 22.2 Å². The number of anilines is 1. The Balaban J connectivity index is 1.79. The highest BCUT2D eigenvalue weighted by Crippen LogP contribution is 2.38. The van der Waals surface area contributed by atoms with Gasteiger partial charge in [-0.2, -0.15) is 9.61 Å². The molecule has 4 nitrogen and oxygen atoms in total. The Hall–Kier alpha value is -2.88. The van der Waals surface area contributed by atoms with Crippen LogP contribution in [0.5, 0.6) is 0 Å². The maximum Gasteiger partial charge on any atom is 0.165 e. The molecule has 0 bridgehead atoms. The lowest BCUT2D eigenvalue weighted by molar-refractivity contribution is 0.563. The van der Waals surface area contributed by atoms with Gasteiger partial charge in [0, 0.05) is 29.4 Å². The molecule has 0 saturated carbocycles. The van der Waals surface area contributed by atoms with Gasteiger partial charge < -0.3 is 4.90 Å². The highest BCUT2D eigenvalue weighted by molar-refractivity contribution is 5.93. The van der Waals surface area contributed by atoms with E-state index in [-0.39, 0.29) is 0 Å². The fraction of sp³-hybridized carbons (Fsp3) is 0.385. The first-order valence-corrected chi connectivity index (χ1v) is 11.2. The monoisotopic (exact) mass is 398 g/mol.